The number of anilines is 6. The van der Waals surface area contributed by atoms with Gasteiger partial charge in [-0.05, 0) is 127 Å². The first-order valence-electron chi connectivity index (χ1n) is 25.8. The smallest absolute Gasteiger partial charge is 0.0640 e. The summed E-state index contributed by atoms with van der Waals surface area (Å²) in [6.45, 7) is 4.88. The molecular weight excluding hydrogens is 945 g/mol. The second-order valence-corrected chi connectivity index (χ2v) is 22.4. The monoisotopic (exact) mass is 992 g/mol. The fourth-order valence-electron chi connectivity index (χ4n) is 12.4. The van der Waals surface area contributed by atoms with Gasteiger partial charge in [-0.3, -0.25) is 0 Å². The van der Waals surface area contributed by atoms with E-state index in [4.69, 9.17) is 0 Å². The van der Waals surface area contributed by atoms with Crippen molar-refractivity contribution in [3.05, 3.63) is 266 Å². The quantitative estimate of drug-likeness (QED) is 0.140. The van der Waals surface area contributed by atoms with Gasteiger partial charge in [0.2, 0.25) is 0 Å². The van der Waals surface area contributed by atoms with Crippen LogP contribution in [-0.2, 0) is 5.41 Å². The third-order valence-electron chi connectivity index (χ3n) is 15.8. The van der Waals surface area contributed by atoms with Crippen molar-refractivity contribution in [2.75, 3.05) is 9.80 Å². The molecule has 12 aromatic carbocycles. The summed E-state index contributed by atoms with van der Waals surface area (Å²) in [4.78, 5) is 5.00. The van der Waals surface area contributed by atoms with Crippen LogP contribution in [0.2, 0.25) is 0 Å². The van der Waals surface area contributed by atoms with E-state index in [1.807, 2.05) is 22.7 Å². The largest absolute Gasteiger partial charge is 0.309 e. The molecule has 0 fully saturated rings. The summed E-state index contributed by atoms with van der Waals surface area (Å²) in [5, 5.41) is 10.2. The Balaban J connectivity index is 0.986. The molecule has 15 rings (SSSR count). The van der Waals surface area contributed by atoms with Gasteiger partial charge in [0.05, 0.1) is 26.5 Å². The number of fused-ring (bicyclic) bond motifs is 10. The molecule has 0 aliphatic heterocycles. The summed E-state index contributed by atoms with van der Waals surface area (Å²) in [6.07, 6.45) is 0. The van der Waals surface area contributed by atoms with E-state index in [9.17, 15) is 0 Å². The Morgan fingerprint density at radius 3 is 1.52 bits per heavy atom. The minimum atomic E-state index is -0.363. The molecule has 2 heterocycles. The van der Waals surface area contributed by atoms with Crippen LogP contribution < -0.4 is 9.80 Å². The predicted molar refractivity (Wildman–Crippen MR) is 325 cm³/mol. The van der Waals surface area contributed by atoms with Crippen LogP contribution >= 0.6 is 22.7 Å². The van der Waals surface area contributed by atoms with Crippen LogP contribution in [0, 0.1) is 0 Å². The molecule has 0 amide bonds. The number of thiophene rings is 2. The van der Waals surface area contributed by atoms with Gasteiger partial charge < -0.3 is 9.80 Å². The van der Waals surface area contributed by atoms with Gasteiger partial charge in [0, 0.05) is 59.0 Å². The Hall–Kier alpha value is -8.80. The molecule has 0 radical (unpaired) electrons. The Kier molecular flexibility index (Phi) is 10.0. The molecule has 0 saturated carbocycles. The molecule has 1 aliphatic rings. The molecule has 2 aromatic heterocycles. The van der Waals surface area contributed by atoms with Gasteiger partial charge >= 0.3 is 0 Å². The van der Waals surface area contributed by atoms with Crippen molar-refractivity contribution in [1.29, 1.82) is 0 Å². The number of hydrogen-bond acceptors (Lipinski definition) is 4. The highest BCUT2D eigenvalue weighted by atomic mass is 32.1. The average Bonchev–Trinajstić information content (AvgIpc) is 4.05. The van der Waals surface area contributed by atoms with Crippen LogP contribution in [0.4, 0.5) is 34.1 Å². The van der Waals surface area contributed by atoms with E-state index >= 15 is 0 Å². The van der Waals surface area contributed by atoms with E-state index in [2.05, 4.69) is 278 Å². The summed E-state index contributed by atoms with van der Waals surface area (Å²) in [5.41, 5.74) is 16.6. The molecule has 4 heteroatoms. The van der Waals surface area contributed by atoms with Crippen molar-refractivity contribution in [3.8, 4) is 33.4 Å². The van der Waals surface area contributed by atoms with E-state index in [1.165, 1.54) is 118 Å². The van der Waals surface area contributed by atoms with E-state index in [0.29, 0.717) is 0 Å². The molecule has 75 heavy (non-hydrogen) atoms. The van der Waals surface area contributed by atoms with Crippen molar-refractivity contribution in [3.63, 3.8) is 0 Å². The Bertz CT molecular complexity index is 4570. The summed E-state index contributed by atoms with van der Waals surface area (Å²) >= 11 is 3.76. The third-order valence-corrected chi connectivity index (χ3v) is 18.2. The number of rotatable bonds is 8. The van der Waals surface area contributed by atoms with Gasteiger partial charge in [-0.2, -0.15) is 0 Å². The lowest BCUT2D eigenvalue weighted by atomic mass is 9.66. The van der Waals surface area contributed by atoms with E-state index in [1.54, 1.807) is 0 Å². The highest BCUT2D eigenvalue weighted by Crippen LogP contribution is 2.57. The normalized spacial score (nSPS) is 12.8. The fourth-order valence-corrected chi connectivity index (χ4v) is 14.8. The lowest BCUT2D eigenvalue weighted by Gasteiger charge is -2.38. The van der Waals surface area contributed by atoms with Gasteiger partial charge in [0.15, 0.2) is 0 Å². The van der Waals surface area contributed by atoms with Gasteiger partial charge in [-0.1, -0.05) is 202 Å². The zero-order valence-corrected chi connectivity index (χ0v) is 43.1. The van der Waals surface area contributed by atoms with Gasteiger partial charge in [-0.15, -0.1) is 22.7 Å². The van der Waals surface area contributed by atoms with Gasteiger partial charge in [0.1, 0.15) is 0 Å². The first-order chi connectivity index (χ1) is 37.0. The lowest BCUT2D eigenvalue weighted by Crippen LogP contribution is -2.25. The second-order valence-electron chi connectivity index (χ2n) is 20.3. The number of para-hydroxylation sites is 2. The Labute approximate surface area is 444 Å². The molecule has 354 valence electrons. The lowest BCUT2D eigenvalue weighted by molar-refractivity contribution is 0.645. The molecule has 14 aromatic rings. The van der Waals surface area contributed by atoms with Crippen LogP contribution in [0.25, 0.3) is 95.3 Å². The maximum Gasteiger partial charge on any atom is 0.0640 e. The van der Waals surface area contributed by atoms with E-state index in [0.717, 1.165) is 22.7 Å². The maximum atomic E-state index is 2.53. The highest BCUT2D eigenvalue weighted by Gasteiger charge is 2.37. The van der Waals surface area contributed by atoms with Crippen LogP contribution in [0.15, 0.2) is 255 Å². The predicted octanol–water partition coefficient (Wildman–Crippen LogP) is 21.3. The second kappa shape index (κ2) is 17.1. The van der Waals surface area contributed by atoms with Crippen molar-refractivity contribution in [1.82, 2.24) is 0 Å². The number of hydrogen-bond donors (Lipinski definition) is 0. The van der Waals surface area contributed by atoms with Crippen LogP contribution in [-0.4, -0.2) is 0 Å². The molecular formula is C71H48N2S2. The van der Waals surface area contributed by atoms with Gasteiger partial charge in [-0.25, -0.2) is 0 Å². The minimum absolute atomic E-state index is 0.363. The van der Waals surface area contributed by atoms with E-state index < -0.39 is 0 Å². The minimum Gasteiger partial charge on any atom is -0.309 e. The SMILES string of the molecule is CC1(C)c2cc(N(c3ccccc3-c3ccccc3)c3cccc4c3sc3ccccc34)ccc2-c2c(-c3ccccc3)c3ccc(N(c4ccccc4)c4cccc5c4sc4ccccc45)cc3c3cccc1c23. The van der Waals surface area contributed by atoms with Crippen LogP contribution in [0.3, 0.4) is 0 Å². The standard InChI is InChI=1S/C71H48N2S2/c1-71(2)59-33-18-30-53-58-43-48(72(47-25-10-5-11-26-47)62-35-19-31-55-51-28-13-16-37-64(51)74-69(55)62)39-41-54(58)66(46-23-8-4-9-24-46)68(67(53)59)57-42-40-49(44-60(57)71)73(61-34-15-12-27-50(61)45-21-6-3-7-22-45)63-36-20-32-56-52-29-14-17-38-65(52)75-70(56)63/h3-44H,1-2H3. The molecule has 2 nitrogen and oxygen atoms in total. The zero-order valence-electron chi connectivity index (χ0n) is 41.5. The Morgan fingerprint density at radius 2 is 0.827 bits per heavy atom. The van der Waals surface area contributed by atoms with Gasteiger partial charge in [0.25, 0.3) is 0 Å². The summed E-state index contributed by atoms with van der Waals surface area (Å²) in [6, 6.07) is 94.7. The van der Waals surface area contributed by atoms with Crippen molar-refractivity contribution in [2.45, 2.75) is 19.3 Å². The Morgan fingerprint density at radius 1 is 0.307 bits per heavy atom. The zero-order chi connectivity index (χ0) is 49.8. The molecule has 0 atom stereocenters. The first kappa shape index (κ1) is 43.8. The summed E-state index contributed by atoms with van der Waals surface area (Å²) in [7, 11) is 0. The topological polar surface area (TPSA) is 6.48 Å². The molecule has 0 saturated heterocycles. The number of nitrogens with zero attached hydrogens (tertiary/aromatic N) is 2. The van der Waals surface area contributed by atoms with Crippen molar-refractivity contribution < 1.29 is 0 Å². The van der Waals surface area contributed by atoms with Crippen molar-refractivity contribution in [2.24, 2.45) is 0 Å². The highest BCUT2D eigenvalue weighted by molar-refractivity contribution is 7.26. The van der Waals surface area contributed by atoms with Crippen LogP contribution in [0.5, 0.6) is 0 Å². The average molecular weight is 993 g/mol. The van der Waals surface area contributed by atoms with E-state index in [-0.39, 0.29) is 5.41 Å². The first-order valence-corrected chi connectivity index (χ1v) is 27.5. The molecule has 1 aliphatic carbocycles. The molecule has 0 N–H and O–H groups in total. The molecule has 0 spiro atoms. The third kappa shape index (κ3) is 6.77. The van der Waals surface area contributed by atoms with Crippen LogP contribution in [0.1, 0.15) is 25.0 Å². The molecule has 0 unspecified atom stereocenters. The summed E-state index contributed by atoms with van der Waals surface area (Å²) in [5.74, 6) is 0. The number of benzene rings is 12. The maximum absolute atomic E-state index is 2.53. The fraction of sp³-hybridized carbons (Fsp3) is 0.0423. The van der Waals surface area contributed by atoms with Crippen molar-refractivity contribution >= 4 is 119 Å². The summed E-state index contributed by atoms with van der Waals surface area (Å²) < 4.78 is 5.15. The molecule has 0 bridgehead atoms.